The van der Waals surface area contributed by atoms with Crippen molar-refractivity contribution in [1.29, 1.82) is 0 Å². The van der Waals surface area contributed by atoms with Crippen molar-refractivity contribution < 1.29 is 13.5 Å². The number of halogens is 2. The third-order valence-electron chi connectivity index (χ3n) is 0.985. The Labute approximate surface area is 56.2 Å². The topological polar surface area (TPSA) is 47.6 Å². The highest BCUT2D eigenvalue weighted by molar-refractivity contribution is 5.83. The largest absolute Gasteiger partial charge is 0.385 e. The van der Waals surface area contributed by atoms with Crippen molar-refractivity contribution in [2.45, 2.75) is 0 Å². The molecule has 0 aromatic carbocycles. The second-order valence-corrected chi connectivity index (χ2v) is 1.80. The van der Waals surface area contributed by atoms with E-state index in [2.05, 4.69) is 9.73 Å². The van der Waals surface area contributed by atoms with Crippen LogP contribution in [-0.2, 0) is 4.74 Å². The summed E-state index contributed by atoms with van der Waals surface area (Å²) in [6.07, 6.45) is -1.83. The maximum Gasteiger partial charge on any atom is 0.294 e. The zero-order valence-corrected chi connectivity index (χ0v) is 5.10. The Hall–Kier alpha value is -0.970. The summed E-state index contributed by atoms with van der Waals surface area (Å²) in [5, 5.41) is 0. The standard InChI is InChI=1S/C5H6F2N2O/c6-5(7)3-1-10-2-4(8)9-3/h1-2H2,(H2,8,9). The van der Waals surface area contributed by atoms with Gasteiger partial charge in [0.1, 0.15) is 18.1 Å². The molecular formula is C5H6F2N2O. The molecule has 5 heteroatoms. The smallest absolute Gasteiger partial charge is 0.294 e. The summed E-state index contributed by atoms with van der Waals surface area (Å²) in [5.41, 5.74) is 4.75. The van der Waals surface area contributed by atoms with Crippen molar-refractivity contribution in [3.63, 3.8) is 0 Å². The number of amidine groups is 1. The Balaban J connectivity index is 2.82. The van der Waals surface area contributed by atoms with Gasteiger partial charge in [-0.25, -0.2) is 4.99 Å². The van der Waals surface area contributed by atoms with Crippen LogP contribution in [0.1, 0.15) is 0 Å². The van der Waals surface area contributed by atoms with Crippen LogP contribution in [0.4, 0.5) is 8.78 Å². The molecule has 0 unspecified atom stereocenters. The Morgan fingerprint density at radius 3 is 2.60 bits per heavy atom. The summed E-state index contributed by atoms with van der Waals surface area (Å²) in [4.78, 5) is 3.38. The maximum absolute atomic E-state index is 11.7. The lowest BCUT2D eigenvalue weighted by Crippen LogP contribution is -2.24. The Morgan fingerprint density at radius 2 is 2.20 bits per heavy atom. The average molecular weight is 148 g/mol. The van der Waals surface area contributed by atoms with Gasteiger partial charge in [-0.1, -0.05) is 0 Å². The lowest BCUT2D eigenvalue weighted by molar-refractivity contribution is 0.181. The third-order valence-corrected chi connectivity index (χ3v) is 0.985. The van der Waals surface area contributed by atoms with Crippen molar-refractivity contribution in [2.24, 2.45) is 10.7 Å². The molecule has 0 aliphatic carbocycles. The van der Waals surface area contributed by atoms with E-state index in [9.17, 15) is 8.78 Å². The molecule has 2 N–H and O–H groups in total. The summed E-state index contributed by atoms with van der Waals surface area (Å²) >= 11 is 0. The molecule has 0 amide bonds. The van der Waals surface area contributed by atoms with E-state index in [0.717, 1.165) is 0 Å². The highest BCUT2D eigenvalue weighted by atomic mass is 19.3. The van der Waals surface area contributed by atoms with Gasteiger partial charge in [-0.05, 0) is 0 Å². The van der Waals surface area contributed by atoms with Gasteiger partial charge < -0.3 is 10.5 Å². The summed E-state index contributed by atoms with van der Waals surface area (Å²) in [6, 6.07) is 0. The van der Waals surface area contributed by atoms with Crippen LogP contribution >= 0.6 is 0 Å². The van der Waals surface area contributed by atoms with E-state index >= 15 is 0 Å². The number of nitrogens with two attached hydrogens (primary N) is 1. The normalized spacial score (nSPS) is 18.6. The van der Waals surface area contributed by atoms with E-state index in [0.29, 0.717) is 0 Å². The van der Waals surface area contributed by atoms with Crippen molar-refractivity contribution in [3.05, 3.63) is 11.8 Å². The number of ether oxygens (including phenoxy) is 1. The molecule has 0 aromatic heterocycles. The lowest BCUT2D eigenvalue weighted by Gasteiger charge is -2.09. The van der Waals surface area contributed by atoms with Crippen LogP contribution in [0.25, 0.3) is 0 Å². The fraction of sp³-hybridized carbons (Fsp3) is 0.400. The summed E-state index contributed by atoms with van der Waals surface area (Å²) in [7, 11) is 0. The number of hydrogen-bond donors (Lipinski definition) is 1. The average Bonchev–Trinajstić information content (AvgIpc) is 1.88. The fourth-order valence-corrected chi connectivity index (χ4v) is 0.587. The Bertz CT molecular complexity index is 196. The van der Waals surface area contributed by atoms with Gasteiger partial charge in [0.05, 0.1) is 6.61 Å². The monoisotopic (exact) mass is 148 g/mol. The van der Waals surface area contributed by atoms with Gasteiger partial charge in [0.15, 0.2) is 0 Å². The van der Waals surface area contributed by atoms with E-state index in [1.807, 2.05) is 0 Å². The molecule has 0 spiro atoms. The van der Waals surface area contributed by atoms with Crippen molar-refractivity contribution in [2.75, 3.05) is 13.2 Å². The number of nitrogens with zero attached hydrogens (tertiary/aromatic N) is 1. The van der Waals surface area contributed by atoms with Crippen LogP contribution in [0.3, 0.4) is 0 Å². The Kier molecular flexibility index (Phi) is 1.96. The van der Waals surface area contributed by atoms with Crippen LogP contribution in [0, 0.1) is 0 Å². The molecule has 1 aliphatic rings. The number of rotatable bonds is 0. The SMILES string of the molecule is NC1=NC(=C(F)F)COC1. The van der Waals surface area contributed by atoms with Crippen LogP contribution in [0.2, 0.25) is 0 Å². The first-order chi connectivity index (χ1) is 4.70. The zero-order chi connectivity index (χ0) is 7.56. The van der Waals surface area contributed by atoms with Crippen molar-refractivity contribution >= 4 is 5.84 Å². The molecule has 10 heavy (non-hydrogen) atoms. The molecule has 0 atom stereocenters. The molecule has 0 aromatic rings. The summed E-state index contributed by atoms with van der Waals surface area (Å²) in [5.74, 6) is 0.0917. The molecule has 0 saturated carbocycles. The third kappa shape index (κ3) is 1.51. The van der Waals surface area contributed by atoms with Gasteiger partial charge in [0, 0.05) is 0 Å². The molecule has 0 radical (unpaired) electrons. The van der Waals surface area contributed by atoms with E-state index in [-0.39, 0.29) is 24.7 Å². The highest BCUT2D eigenvalue weighted by Crippen LogP contribution is 2.11. The van der Waals surface area contributed by atoms with E-state index < -0.39 is 6.08 Å². The van der Waals surface area contributed by atoms with Crippen molar-refractivity contribution in [1.82, 2.24) is 0 Å². The molecule has 3 nitrogen and oxygen atoms in total. The molecule has 1 heterocycles. The van der Waals surface area contributed by atoms with Crippen molar-refractivity contribution in [3.8, 4) is 0 Å². The van der Waals surface area contributed by atoms with E-state index in [4.69, 9.17) is 5.73 Å². The molecule has 0 saturated heterocycles. The van der Waals surface area contributed by atoms with Crippen LogP contribution in [-0.4, -0.2) is 19.0 Å². The first-order valence-corrected chi connectivity index (χ1v) is 2.65. The maximum atomic E-state index is 11.7. The van der Waals surface area contributed by atoms with Gasteiger partial charge in [-0.3, -0.25) is 0 Å². The molecule has 1 rings (SSSR count). The second-order valence-electron chi connectivity index (χ2n) is 1.80. The summed E-state index contributed by atoms with van der Waals surface area (Å²) < 4.78 is 28.1. The minimum Gasteiger partial charge on any atom is -0.385 e. The minimum atomic E-state index is -1.83. The number of hydrogen-bond acceptors (Lipinski definition) is 3. The molecule has 0 bridgehead atoms. The second kappa shape index (κ2) is 2.74. The Morgan fingerprint density at radius 1 is 1.50 bits per heavy atom. The predicted molar refractivity (Wildman–Crippen MR) is 31.7 cm³/mol. The fourth-order valence-electron chi connectivity index (χ4n) is 0.587. The summed E-state index contributed by atoms with van der Waals surface area (Å²) in [6.45, 7) is -0.0141. The molecule has 56 valence electrons. The van der Waals surface area contributed by atoms with Gasteiger partial charge in [-0.2, -0.15) is 8.78 Å². The molecule has 1 aliphatic heterocycles. The zero-order valence-electron chi connectivity index (χ0n) is 5.10. The van der Waals surface area contributed by atoms with Crippen LogP contribution in [0.5, 0.6) is 0 Å². The van der Waals surface area contributed by atoms with E-state index in [1.165, 1.54) is 0 Å². The number of aliphatic imine (C=N–C) groups is 1. The highest BCUT2D eigenvalue weighted by Gasteiger charge is 2.11. The van der Waals surface area contributed by atoms with Crippen LogP contribution < -0.4 is 5.73 Å². The minimum absolute atomic E-state index is 0.0917. The van der Waals surface area contributed by atoms with Gasteiger partial charge in [-0.15, -0.1) is 0 Å². The first kappa shape index (κ1) is 7.14. The molecular weight excluding hydrogens is 142 g/mol. The van der Waals surface area contributed by atoms with Gasteiger partial charge in [0.25, 0.3) is 6.08 Å². The van der Waals surface area contributed by atoms with E-state index in [1.54, 1.807) is 0 Å². The molecule has 0 fully saturated rings. The predicted octanol–water partition coefficient (Wildman–Crippen LogP) is 0.482. The first-order valence-electron chi connectivity index (χ1n) is 2.65. The lowest BCUT2D eigenvalue weighted by atomic mass is 10.4. The van der Waals surface area contributed by atoms with Crippen LogP contribution in [0.15, 0.2) is 16.8 Å². The quantitative estimate of drug-likeness (QED) is 0.543. The van der Waals surface area contributed by atoms with Gasteiger partial charge >= 0.3 is 0 Å². The van der Waals surface area contributed by atoms with Gasteiger partial charge in [0.2, 0.25) is 0 Å².